The highest BCUT2D eigenvalue weighted by molar-refractivity contribution is 7.80. The van der Waals surface area contributed by atoms with Gasteiger partial charge < -0.3 is 15.0 Å². The smallest absolute Gasteiger partial charge is 0.406 e. The maximum Gasteiger partial charge on any atom is 0.573 e. The number of anilines is 2. The third-order valence-corrected chi connectivity index (χ3v) is 5.53. The molecule has 0 bridgehead atoms. The number of hydrogen-bond acceptors (Lipinski definition) is 6. The summed E-state index contributed by atoms with van der Waals surface area (Å²) in [6.07, 6.45) is -1.60. The molecule has 1 aromatic heterocycles. The largest absolute Gasteiger partial charge is 0.573 e. The zero-order valence-electron chi connectivity index (χ0n) is 20.7. The van der Waals surface area contributed by atoms with Crippen molar-refractivity contribution in [3.8, 4) is 22.8 Å². The highest BCUT2D eigenvalue weighted by Gasteiger charge is 2.31. The molecule has 0 atom stereocenters. The molecule has 2 N–H and O–H groups in total. The lowest BCUT2D eigenvalue weighted by Crippen LogP contribution is -2.23. The predicted octanol–water partition coefficient (Wildman–Crippen LogP) is 5.53. The first-order valence-electron chi connectivity index (χ1n) is 11.3. The number of thiocarbonyl (C=S) groups is 1. The number of halogens is 3. The number of aryl methyl sites for hydroxylation is 1. The van der Waals surface area contributed by atoms with Gasteiger partial charge in [-0.1, -0.05) is 12.1 Å². The van der Waals surface area contributed by atoms with Crippen LogP contribution in [-0.2, 0) is 0 Å². The lowest BCUT2D eigenvalue weighted by Gasteiger charge is -2.13. The van der Waals surface area contributed by atoms with Crippen LogP contribution in [0.25, 0.3) is 17.1 Å². The fourth-order valence-electron chi connectivity index (χ4n) is 3.50. The molecule has 0 unspecified atom stereocenters. The van der Waals surface area contributed by atoms with E-state index in [0.29, 0.717) is 16.6 Å². The standard InChI is InChI=1S/C26H24F3N7OS/c1-17-14-18(15-31-33-25(38)32-19-5-7-20(8-6-19)35(2)3)4-13-23(17)24-30-16-36(34-24)21-9-11-22(12-10-21)37-26(27,28)29/h4-16H,1-3H3,(H2,32,33,38). The first-order valence-corrected chi connectivity index (χ1v) is 11.7. The van der Waals surface area contributed by atoms with Gasteiger partial charge in [0.25, 0.3) is 0 Å². The molecule has 12 heteroatoms. The third kappa shape index (κ3) is 7.07. The highest BCUT2D eigenvalue weighted by Crippen LogP contribution is 2.25. The Kier molecular flexibility index (Phi) is 7.91. The van der Waals surface area contributed by atoms with Crippen molar-refractivity contribution in [2.45, 2.75) is 13.3 Å². The second-order valence-electron chi connectivity index (χ2n) is 8.39. The number of benzene rings is 3. The fourth-order valence-corrected chi connectivity index (χ4v) is 3.67. The molecule has 0 saturated carbocycles. The molecule has 196 valence electrons. The van der Waals surface area contributed by atoms with Gasteiger partial charge in [0.1, 0.15) is 12.1 Å². The summed E-state index contributed by atoms with van der Waals surface area (Å²) >= 11 is 5.30. The lowest BCUT2D eigenvalue weighted by atomic mass is 10.1. The van der Waals surface area contributed by atoms with Gasteiger partial charge >= 0.3 is 6.36 Å². The van der Waals surface area contributed by atoms with Crippen molar-refractivity contribution in [2.75, 3.05) is 24.3 Å². The molecule has 0 aliphatic heterocycles. The van der Waals surface area contributed by atoms with E-state index in [1.165, 1.54) is 35.3 Å². The number of hydrazone groups is 1. The minimum absolute atomic E-state index is 0.306. The molecule has 4 aromatic rings. The van der Waals surface area contributed by atoms with Crippen molar-refractivity contribution in [1.29, 1.82) is 0 Å². The van der Waals surface area contributed by atoms with E-state index in [4.69, 9.17) is 12.2 Å². The van der Waals surface area contributed by atoms with E-state index in [2.05, 4.69) is 30.7 Å². The molecule has 0 amide bonds. The third-order valence-electron chi connectivity index (χ3n) is 5.34. The molecule has 4 rings (SSSR count). The summed E-state index contributed by atoms with van der Waals surface area (Å²) in [5.74, 6) is 0.171. The van der Waals surface area contributed by atoms with Crippen LogP contribution in [0.3, 0.4) is 0 Å². The first-order chi connectivity index (χ1) is 18.1. The van der Waals surface area contributed by atoms with Gasteiger partial charge in [-0.3, -0.25) is 5.43 Å². The Morgan fingerprint density at radius 1 is 1.05 bits per heavy atom. The van der Waals surface area contributed by atoms with Gasteiger partial charge in [-0.2, -0.15) is 5.10 Å². The number of ether oxygens (including phenoxy) is 1. The molecule has 0 aliphatic rings. The second-order valence-corrected chi connectivity index (χ2v) is 8.80. The van der Waals surface area contributed by atoms with Crippen molar-refractivity contribution >= 4 is 34.9 Å². The number of nitrogens with zero attached hydrogens (tertiary/aromatic N) is 5. The fraction of sp³-hybridized carbons (Fsp3) is 0.154. The molecule has 0 fully saturated rings. The molecule has 38 heavy (non-hydrogen) atoms. The summed E-state index contributed by atoms with van der Waals surface area (Å²) in [4.78, 5) is 6.35. The van der Waals surface area contributed by atoms with Crippen LogP contribution in [0.2, 0.25) is 0 Å². The zero-order chi connectivity index (χ0) is 27.3. The van der Waals surface area contributed by atoms with Gasteiger partial charge in [-0.15, -0.1) is 18.3 Å². The predicted molar refractivity (Wildman–Crippen MR) is 146 cm³/mol. The number of aromatic nitrogens is 3. The molecular formula is C26H24F3N7OS. The molecule has 0 aliphatic carbocycles. The molecule has 3 aromatic carbocycles. The number of alkyl halides is 3. The Balaban J connectivity index is 1.36. The molecule has 8 nitrogen and oxygen atoms in total. The van der Waals surface area contributed by atoms with E-state index in [1.807, 2.05) is 68.4 Å². The van der Waals surface area contributed by atoms with E-state index in [0.717, 1.165) is 28.1 Å². The number of nitrogens with one attached hydrogen (secondary N) is 2. The Bertz CT molecular complexity index is 1430. The quantitative estimate of drug-likeness (QED) is 0.182. The molecule has 0 saturated heterocycles. The highest BCUT2D eigenvalue weighted by atomic mass is 32.1. The lowest BCUT2D eigenvalue weighted by molar-refractivity contribution is -0.274. The van der Waals surface area contributed by atoms with Crippen molar-refractivity contribution in [3.05, 3.63) is 84.2 Å². The van der Waals surface area contributed by atoms with Crippen molar-refractivity contribution in [2.24, 2.45) is 5.10 Å². The summed E-state index contributed by atoms with van der Waals surface area (Å²) in [7, 11) is 3.95. The van der Waals surface area contributed by atoms with E-state index in [9.17, 15) is 13.2 Å². The van der Waals surface area contributed by atoms with Crippen LogP contribution < -0.4 is 20.4 Å². The molecule has 0 radical (unpaired) electrons. The van der Waals surface area contributed by atoms with Gasteiger partial charge in [0.05, 0.1) is 11.9 Å². The van der Waals surface area contributed by atoms with Crippen LogP contribution >= 0.6 is 12.2 Å². The molecular weight excluding hydrogens is 515 g/mol. The second kappa shape index (κ2) is 11.3. The first kappa shape index (κ1) is 26.6. The summed E-state index contributed by atoms with van der Waals surface area (Å²) < 4.78 is 42.5. The Morgan fingerprint density at radius 3 is 2.39 bits per heavy atom. The van der Waals surface area contributed by atoms with Crippen molar-refractivity contribution in [3.63, 3.8) is 0 Å². The Labute approximate surface area is 222 Å². The summed E-state index contributed by atoms with van der Waals surface area (Å²) in [5, 5.41) is 12.1. The van der Waals surface area contributed by atoms with Gasteiger partial charge in [0.2, 0.25) is 0 Å². The van der Waals surface area contributed by atoms with Gasteiger partial charge in [0.15, 0.2) is 10.9 Å². The minimum atomic E-state index is -4.74. The zero-order valence-corrected chi connectivity index (χ0v) is 21.5. The van der Waals surface area contributed by atoms with Gasteiger partial charge in [-0.05, 0) is 84.9 Å². The maximum atomic E-state index is 12.4. The van der Waals surface area contributed by atoms with E-state index >= 15 is 0 Å². The summed E-state index contributed by atoms with van der Waals surface area (Å²) in [5.41, 5.74) is 7.85. The SMILES string of the molecule is Cc1cc(C=NNC(=S)Nc2ccc(N(C)C)cc2)ccc1-c1ncn(-c2ccc(OC(F)(F)F)cc2)n1. The average molecular weight is 540 g/mol. The topological polar surface area (TPSA) is 79.6 Å². The Hall–Kier alpha value is -4.45. The average Bonchev–Trinajstić information content (AvgIpc) is 3.34. The van der Waals surface area contributed by atoms with Crippen molar-refractivity contribution < 1.29 is 17.9 Å². The normalized spacial score (nSPS) is 11.4. The number of rotatable bonds is 7. The van der Waals surface area contributed by atoms with Crippen LogP contribution in [0.15, 0.2) is 78.2 Å². The van der Waals surface area contributed by atoms with Gasteiger partial charge in [0, 0.05) is 31.0 Å². The van der Waals surface area contributed by atoms with Crippen molar-refractivity contribution in [1.82, 2.24) is 20.2 Å². The monoisotopic (exact) mass is 539 g/mol. The van der Waals surface area contributed by atoms with Crippen LogP contribution in [0, 0.1) is 6.92 Å². The summed E-state index contributed by atoms with van der Waals surface area (Å²) in [6, 6.07) is 18.9. The van der Waals surface area contributed by atoms with Gasteiger partial charge in [-0.25, -0.2) is 9.67 Å². The number of hydrogen-bond donors (Lipinski definition) is 2. The van der Waals surface area contributed by atoms with Crippen LogP contribution in [-0.4, -0.2) is 46.5 Å². The molecule has 0 spiro atoms. The van der Waals surface area contributed by atoms with E-state index < -0.39 is 6.36 Å². The maximum absolute atomic E-state index is 12.4. The van der Waals surface area contributed by atoms with E-state index in [-0.39, 0.29) is 5.75 Å². The summed E-state index contributed by atoms with van der Waals surface area (Å²) in [6.45, 7) is 1.92. The van der Waals surface area contributed by atoms with E-state index in [1.54, 1.807) is 6.21 Å². The van der Waals surface area contributed by atoms with Crippen LogP contribution in [0.5, 0.6) is 5.75 Å². The Morgan fingerprint density at radius 2 is 1.76 bits per heavy atom. The minimum Gasteiger partial charge on any atom is -0.406 e. The molecule has 1 heterocycles. The van der Waals surface area contributed by atoms with Crippen LogP contribution in [0.4, 0.5) is 24.5 Å². The van der Waals surface area contributed by atoms with Crippen LogP contribution in [0.1, 0.15) is 11.1 Å².